The Kier molecular flexibility index (Phi) is 7.78. The van der Waals surface area contributed by atoms with Gasteiger partial charge in [0.15, 0.2) is 0 Å². The molecule has 0 unspecified atom stereocenters. The molecular formula is C19H20N4O6. The van der Waals surface area contributed by atoms with Gasteiger partial charge in [0.1, 0.15) is 5.75 Å². The van der Waals surface area contributed by atoms with Gasteiger partial charge in [0.05, 0.1) is 35.2 Å². The van der Waals surface area contributed by atoms with Crippen molar-refractivity contribution in [3.63, 3.8) is 0 Å². The van der Waals surface area contributed by atoms with E-state index < -0.39 is 27.1 Å². The number of unbranched alkanes of at least 4 members (excludes halogenated alkanes) is 1. The fourth-order valence-electron chi connectivity index (χ4n) is 2.42. The molecule has 0 atom stereocenters. The average molecular weight is 400 g/mol. The van der Waals surface area contributed by atoms with Crippen LogP contribution >= 0.6 is 0 Å². The summed E-state index contributed by atoms with van der Waals surface area (Å²) in [7, 11) is 0. The lowest BCUT2D eigenvalue weighted by Crippen LogP contribution is -2.20. The number of hydrazone groups is 1. The van der Waals surface area contributed by atoms with Crippen molar-refractivity contribution in [2.24, 2.45) is 5.10 Å². The molecule has 0 fully saturated rings. The van der Waals surface area contributed by atoms with E-state index in [1.807, 2.05) is 6.07 Å². The molecule has 10 heteroatoms. The number of rotatable bonds is 10. The van der Waals surface area contributed by atoms with E-state index in [1.54, 1.807) is 18.2 Å². The molecule has 2 rings (SSSR count). The van der Waals surface area contributed by atoms with Gasteiger partial charge in [0, 0.05) is 17.2 Å². The normalized spacial score (nSPS) is 10.7. The fourth-order valence-corrected chi connectivity index (χ4v) is 2.42. The zero-order valence-electron chi connectivity index (χ0n) is 15.7. The first-order valence-corrected chi connectivity index (χ1v) is 8.87. The molecule has 152 valence electrons. The van der Waals surface area contributed by atoms with Crippen LogP contribution in [0.4, 0.5) is 11.4 Å². The highest BCUT2D eigenvalue weighted by molar-refractivity contribution is 5.86. The quantitative estimate of drug-likeness (QED) is 0.281. The van der Waals surface area contributed by atoms with Crippen LogP contribution in [0.25, 0.3) is 0 Å². The van der Waals surface area contributed by atoms with E-state index in [1.165, 1.54) is 12.3 Å². The lowest BCUT2D eigenvalue weighted by atomic mass is 10.1. The number of nitro groups is 2. The molecule has 0 spiro atoms. The van der Waals surface area contributed by atoms with Crippen LogP contribution < -0.4 is 10.2 Å². The van der Waals surface area contributed by atoms with E-state index in [2.05, 4.69) is 17.5 Å². The first kappa shape index (κ1) is 21.5. The van der Waals surface area contributed by atoms with E-state index in [4.69, 9.17) is 4.74 Å². The van der Waals surface area contributed by atoms with E-state index in [0.717, 1.165) is 25.0 Å². The fraction of sp³-hybridized carbons (Fsp3) is 0.263. The van der Waals surface area contributed by atoms with E-state index in [0.29, 0.717) is 17.9 Å². The van der Waals surface area contributed by atoms with Gasteiger partial charge in [-0.05, 0) is 24.6 Å². The van der Waals surface area contributed by atoms with Crippen LogP contribution in [-0.4, -0.2) is 28.6 Å². The van der Waals surface area contributed by atoms with Gasteiger partial charge in [-0.2, -0.15) is 5.10 Å². The summed E-state index contributed by atoms with van der Waals surface area (Å²) in [5.41, 5.74) is 2.11. The number of hydrogen-bond donors (Lipinski definition) is 1. The Morgan fingerprint density at radius 1 is 1.17 bits per heavy atom. The summed E-state index contributed by atoms with van der Waals surface area (Å²) in [5.74, 6) is 0.0348. The molecule has 1 N–H and O–H groups in total. The van der Waals surface area contributed by atoms with Gasteiger partial charge < -0.3 is 4.74 Å². The second-order valence-corrected chi connectivity index (χ2v) is 6.04. The molecule has 0 aromatic heterocycles. The molecule has 0 aliphatic rings. The standard InChI is InChI=1S/C19H20N4O6/c1-2-3-10-29-18-7-5-4-6-15(18)13-20-21-19(24)11-14-8-9-16(22(25)26)12-17(14)23(27)28/h4-9,12-13H,2-3,10-11H2,1H3,(H,21,24). The summed E-state index contributed by atoms with van der Waals surface area (Å²) in [6.07, 6.45) is 2.99. The molecule has 2 aromatic carbocycles. The lowest BCUT2D eigenvalue weighted by molar-refractivity contribution is -0.394. The number of amides is 1. The Labute approximate surface area is 166 Å². The second-order valence-electron chi connectivity index (χ2n) is 6.04. The molecule has 0 heterocycles. The number of non-ortho nitro benzene ring substituents is 1. The topological polar surface area (TPSA) is 137 Å². The third-order valence-electron chi connectivity index (χ3n) is 3.89. The predicted molar refractivity (Wildman–Crippen MR) is 106 cm³/mol. The van der Waals surface area contributed by atoms with Crippen LogP contribution in [0.1, 0.15) is 30.9 Å². The third kappa shape index (κ3) is 6.38. The number of nitro benzene ring substituents is 2. The van der Waals surface area contributed by atoms with E-state index in [-0.39, 0.29) is 12.0 Å². The Balaban J connectivity index is 2.04. The van der Waals surface area contributed by atoms with Crippen LogP contribution in [0.5, 0.6) is 5.75 Å². The summed E-state index contributed by atoms with van der Waals surface area (Å²) >= 11 is 0. The molecule has 0 aliphatic carbocycles. The summed E-state index contributed by atoms with van der Waals surface area (Å²) < 4.78 is 5.67. The maximum atomic E-state index is 12.1. The van der Waals surface area contributed by atoms with Crippen molar-refractivity contribution in [3.05, 3.63) is 73.8 Å². The zero-order chi connectivity index (χ0) is 21.2. The Morgan fingerprint density at radius 3 is 2.62 bits per heavy atom. The Bertz CT molecular complexity index is 929. The SMILES string of the molecule is CCCCOc1ccccc1C=NNC(=O)Cc1ccc([N+](=O)[O-])cc1[N+](=O)[O-]. The first-order valence-electron chi connectivity index (χ1n) is 8.87. The van der Waals surface area contributed by atoms with E-state index >= 15 is 0 Å². The highest BCUT2D eigenvalue weighted by atomic mass is 16.6. The predicted octanol–water partition coefficient (Wildman–Crippen LogP) is 3.37. The van der Waals surface area contributed by atoms with Crippen molar-refractivity contribution < 1.29 is 19.4 Å². The molecule has 0 bridgehead atoms. The number of hydrogen-bond acceptors (Lipinski definition) is 7. The number of benzene rings is 2. The van der Waals surface area contributed by atoms with Gasteiger partial charge in [-0.3, -0.25) is 25.0 Å². The second kappa shape index (κ2) is 10.5. The van der Waals surface area contributed by atoms with Crippen LogP contribution in [0.3, 0.4) is 0 Å². The minimum Gasteiger partial charge on any atom is -0.493 e. The molecular weight excluding hydrogens is 380 g/mol. The number of ether oxygens (including phenoxy) is 1. The van der Waals surface area contributed by atoms with Gasteiger partial charge in [-0.1, -0.05) is 25.5 Å². The highest BCUT2D eigenvalue weighted by Crippen LogP contribution is 2.25. The zero-order valence-corrected chi connectivity index (χ0v) is 15.7. The van der Waals surface area contributed by atoms with Crippen molar-refractivity contribution >= 4 is 23.5 Å². The molecule has 0 saturated heterocycles. The average Bonchev–Trinajstić information content (AvgIpc) is 2.69. The van der Waals surface area contributed by atoms with Crippen molar-refractivity contribution in [2.75, 3.05) is 6.61 Å². The van der Waals surface area contributed by atoms with Gasteiger partial charge in [-0.15, -0.1) is 0 Å². The summed E-state index contributed by atoms with van der Waals surface area (Å²) in [6.45, 7) is 2.62. The third-order valence-corrected chi connectivity index (χ3v) is 3.89. The number of nitrogens with one attached hydrogen (secondary N) is 1. The molecule has 0 aliphatic heterocycles. The monoisotopic (exact) mass is 400 g/mol. The van der Waals surface area contributed by atoms with Gasteiger partial charge >= 0.3 is 0 Å². The highest BCUT2D eigenvalue weighted by Gasteiger charge is 2.21. The maximum Gasteiger partial charge on any atom is 0.279 e. The van der Waals surface area contributed by atoms with Crippen molar-refractivity contribution in [1.29, 1.82) is 0 Å². The molecule has 2 aromatic rings. The summed E-state index contributed by atoms with van der Waals surface area (Å²) in [4.78, 5) is 32.5. The minimum atomic E-state index is -0.761. The number of nitrogens with zero attached hydrogens (tertiary/aromatic N) is 3. The minimum absolute atomic E-state index is 0.0524. The van der Waals surface area contributed by atoms with Crippen molar-refractivity contribution in [1.82, 2.24) is 5.43 Å². The Hall–Kier alpha value is -3.82. The number of carbonyl (C=O) groups is 1. The summed E-state index contributed by atoms with van der Waals surface area (Å²) in [5, 5.41) is 25.8. The molecule has 1 amide bonds. The lowest BCUT2D eigenvalue weighted by Gasteiger charge is -2.08. The molecule has 0 saturated carbocycles. The number of carbonyl (C=O) groups excluding carboxylic acids is 1. The maximum absolute atomic E-state index is 12.1. The van der Waals surface area contributed by atoms with Gasteiger partial charge in [0.25, 0.3) is 11.4 Å². The largest absolute Gasteiger partial charge is 0.493 e. The molecule has 29 heavy (non-hydrogen) atoms. The number of para-hydroxylation sites is 1. The summed E-state index contributed by atoms with van der Waals surface area (Å²) in [6, 6.07) is 10.3. The first-order chi connectivity index (χ1) is 13.9. The van der Waals surface area contributed by atoms with Crippen LogP contribution in [0, 0.1) is 20.2 Å². The van der Waals surface area contributed by atoms with E-state index in [9.17, 15) is 25.0 Å². The van der Waals surface area contributed by atoms with Crippen molar-refractivity contribution in [3.8, 4) is 5.75 Å². The van der Waals surface area contributed by atoms with Crippen LogP contribution in [0.15, 0.2) is 47.6 Å². The smallest absolute Gasteiger partial charge is 0.279 e. The van der Waals surface area contributed by atoms with Gasteiger partial charge in [-0.25, -0.2) is 5.43 Å². The van der Waals surface area contributed by atoms with Crippen molar-refractivity contribution in [2.45, 2.75) is 26.2 Å². The molecule has 10 nitrogen and oxygen atoms in total. The van der Waals surface area contributed by atoms with Crippen LogP contribution in [0.2, 0.25) is 0 Å². The van der Waals surface area contributed by atoms with Gasteiger partial charge in [0.2, 0.25) is 5.91 Å². The Morgan fingerprint density at radius 2 is 1.93 bits per heavy atom. The molecule has 0 radical (unpaired) electrons. The van der Waals surface area contributed by atoms with Crippen LogP contribution in [-0.2, 0) is 11.2 Å².